The quantitative estimate of drug-likeness (QED) is 0.232. The second-order valence-corrected chi connectivity index (χ2v) is 8.90. The van der Waals surface area contributed by atoms with Gasteiger partial charge in [0, 0.05) is 0 Å². The highest BCUT2D eigenvalue weighted by Gasteiger charge is 2.33. The van der Waals surface area contributed by atoms with E-state index in [1.54, 1.807) is 20.8 Å². The van der Waals surface area contributed by atoms with Crippen molar-refractivity contribution in [2.45, 2.75) is 91.6 Å². The van der Waals surface area contributed by atoms with Crippen LogP contribution in [0.15, 0.2) is 0 Å². The molecule has 0 rings (SSSR count). The average Bonchev–Trinajstić information content (AvgIpc) is 2.66. The molecule has 0 aromatic heterocycles. The first-order valence-electron chi connectivity index (χ1n) is 10.8. The van der Waals surface area contributed by atoms with Crippen molar-refractivity contribution in [2.24, 2.45) is 23.5 Å². The van der Waals surface area contributed by atoms with Crippen LogP contribution < -0.4 is 21.7 Å². The number of nitrogens with one attached hydrogen (secondary N) is 3. The maximum absolute atomic E-state index is 13.0. The molecule has 0 bridgehead atoms. The lowest BCUT2D eigenvalue weighted by Gasteiger charge is -2.29. The van der Waals surface area contributed by atoms with Crippen molar-refractivity contribution in [1.29, 1.82) is 0 Å². The van der Waals surface area contributed by atoms with Gasteiger partial charge in [-0.2, -0.15) is 0 Å². The summed E-state index contributed by atoms with van der Waals surface area (Å²) < 4.78 is 0. The zero-order valence-electron chi connectivity index (χ0n) is 19.6. The third-order valence-electron chi connectivity index (χ3n) is 5.19. The molecular weight excluding hydrogens is 404 g/mol. The number of nitrogens with two attached hydrogens (primary N) is 1. The first-order valence-corrected chi connectivity index (χ1v) is 10.8. The van der Waals surface area contributed by atoms with E-state index in [2.05, 4.69) is 16.0 Å². The summed E-state index contributed by atoms with van der Waals surface area (Å²) in [6.45, 7) is 12.1. The Hall–Kier alpha value is -2.20. The molecular formula is C21H40N4O6. The van der Waals surface area contributed by atoms with Crippen molar-refractivity contribution in [3.05, 3.63) is 0 Å². The van der Waals surface area contributed by atoms with Gasteiger partial charge in [0.15, 0.2) is 0 Å². The van der Waals surface area contributed by atoms with Crippen molar-refractivity contribution in [1.82, 2.24) is 16.0 Å². The Morgan fingerprint density at radius 3 is 1.74 bits per heavy atom. The van der Waals surface area contributed by atoms with Crippen LogP contribution in [-0.2, 0) is 19.2 Å². The number of carboxylic acid groups (broad SMARTS) is 1. The summed E-state index contributed by atoms with van der Waals surface area (Å²) in [7, 11) is 0. The van der Waals surface area contributed by atoms with Crippen molar-refractivity contribution in [2.75, 3.05) is 0 Å². The van der Waals surface area contributed by atoms with E-state index in [1.165, 1.54) is 6.92 Å². The molecule has 0 aliphatic heterocycles. The SMILES string of the molecule is CCC(C)C(NC(=O)C(N)C(C)O)C(=O)NC(CC(C)C)C(=O)NC(C(=O)O)C(C)C. The van der Waals surface area contributed by atoms with Crippen molar-refractivity contribution in [3.8, 4) is 0 Å². The van der Waals surface area contributed by atoms with E-state index in [0.717, 1.165) is 0 Å². The fourth-order valence-corrected chi connectivity index (χ4v) is 2.90. The number of carboxylic acids is 1. The monoisotopic (exact) mass is 444 g/mol. The van der Waals surface area contributed by atoms with Gasteiger partial charge in [0.25, 0.3) is 0 Å². The first kappa shape index (κ1) is 28.8. The van der Waals surface area contributed by atoms with E-state index in [-0.39, 0.29) is 24.2 Å². The predicted octanol–water partition coefficient (Wildman–Crippen LogP) is -0.0183. The molecule has 0 spiro atoms. The van der Waals surface area contributed by atoms with Gasteiger partial charge in [-0.15, -0.1) is 0 Å². The molecule has 6 atom stereocenters. The van der Waals surface area contributed by atoms with Gasteiger partial charge < -0.3 is 31.9 Å². The number of carbonyl (C=O) groups excluding carboxylic acids is 3. The Bertz CT molecular complexity index is 623. The van der Waals surface area contributed by atoms with Crippen molar-refractivity contribution >= 4 is 23.7 Å². The lowest BCUT2D eigenvalue weighted by molar-refractivity contribution is -0.143. The number of amides is 3. The van der Waals surface area contributed by atoms with Crippen LogP contribution in [0.1, 0.15) is 61.3 Å². The van der Waals surface area contributed by atoms with E-state index in [1.807, 2.05) is 20.8 Å². The third kappa shape index (κ3) is 9.65. The van der Waals surface area contributed by atoms with E-state index >= 15 is 0 Å². The minimum atomic E-state index is -1.20. The number of hydrogen-bond acceptors (Lipinski definition) is 6. The van der Waals surface area contributed by atoms with Crippen LogP contribution in [0.25, 0.3) is 0 Å². The van der Waals surface area contributed by atoms with E-state index in [0.29, 0.717) is 6.42 Å². The fraction of sp³-hybridized carbons (Fsp3) is 0.810. The highest BCUT2D eigenvalue weighted by Crippen LogP contribution is 2.12. The van der Waals surface area contributed by atoms with Crippen molar-refractivity contribution in [3.63, 3.8) is 0 Å². The van der Waals surface area contributed by atoms with Gasteiger partial charge in [-0.25, -0.2) is 4.79 Å². The summed E-state index contributed by atoms with van der Waals surface area (Å²) in [5.74, 6) is -3.57. The normalized spacial score (nSPS) is 17.3. The molecule has 0 fully saturated rings. The fourth-order valence-electron chi connectivity index (χ4n) is 2.90. The maximum Gasteiger partial charge on any atom is 0.326 e. The molecule has 0 heterocycles. The zero-order chi connectivity index (χ0) is 24.5. The molecule has 31 heavy (non-hydrogen) atoms. The van der Waals surface area contributed by atoms with Crippen LogP contribution in [0.4, 0.5) is 0 Å². The van der Waals surface area contributed by atoms with Gasteiger partial charge in [0.2, 0.25) is 17.7 Å². The zero-order valence-corrected chi connectivity index (χ0v) is 19.6. The Morgan fingerprint density at radius 2 is 1.35 bits per heavy atom. The lowest BCUT2D eigenvalue weighted by Crippen LogP contribution is -2.60. The molecule has 10 nitrogen and oxygen atoms in total. The number of hydrogen-bond donors (Lipinski definition) is 6. The molecule has 0 aliphatic rings. The molecule has 6 unspecified atom stereocenters. The van der Waals surface area contributed by atoms with Crippen LogP contribution in [-0.4, -0.2) is 64.2 Å². The number of aliphatic hydroxyl groups excluding tert-OH is 1. The van der Waals surface area contributed by atoms with Gasteiger partial charge in [0.1, 0.15) is 24.2 Å². The Morgan fingerprint density at radius 1 is 0.839 bits per heavy atom. The van der Waals surface area contributed by atoms with E-state index in [4.69, 9.17) is 5.73 Å². The standard InChI is InChI=1S/C21H40N4O6/c1-8-12(6)17(25-19(28)15(22)13(7)26)20(29)23-14(9-10(2)3)18(27)24-16(11(4)5)21(30)31/h10-17,26H,8-9,22H2,1-7H3,(H,23,29)(H,24,27)(H,25,28)(H,30,31). The molecule has 180 valence electrons. The summed E-state index contributed by atoms with van der Waals surface area (Å²) in [5.41, 5.74) is 5.66. The van der Waals surface area contributed by atoms with E-state index < -0.39 is 54.0 Å². The van der Waals surface area contributed by atoms with Gasteiger partial charge in [-0.3, -0.25) is 14.4 Å². The second-order valence-electron chi connectivity index (χ2n) is 8.90. The minimum absolute atomic E-state index is 0.0404. The smallest absolute Gasteiger partial charge is 0.326 e. The predicted molar refractivity (Wildman–Crippen MR) is 117 cm³/mol. The molecule has 7 N–H and O–H groups in total. The average molecular weight is 445 g/mol. The van der Waals surface area contributed by atoms with Gasteiger partial charge in [0.05, 0.1) is 6.10 Å². The first-order chi connectivity index (χ1) is 14.2. The van der Waals surface area contributed by atoms with Gasteiger partial charge in [-0.05, 0) is 31.1 Å². The molecule has 3 amide bonds. The number of carbonyl (C=O) groups is 4. The number of rotatable bonds is 13. The second kappa shape index (κ2) is 13.3. The van der Waals surface area contributed by atoms with Crippen LogP contribution >= 0.6 is 0 Å². The molecule has 0 saturated heterocycles. The third-order valence-corrected chi connectivity index (χ3v) is 5.19. The number of aliphatic hydroxyl groups is 1. The van der Waals surface area contributed by atoms with Gasteiger partial charge >= 0.3 is 5.97 Å². The minimum Gasteiger partial charge on any atom is -0.480 e. The van der Waals surface area contributed by atoms with Crippen LogP contribution in [0.5, 0.6) is 0 Å². The highest BCUT2D eigenvalue weighted by atomic mass is 16.4. The topological polar surface area (TPSA) is 171 Å². The summed E-state index contributed by atoms with van der Waals surface area (Å²) in [4.78, 5) is 49.5. The summed E-state index contributed by atoms with van der Waals surface area (Å²) in [6, 6.07) is -4.23. The van der Waals surface area contributed by atoms with Crippen LogP contribution in [0, 0.1) is 17.8 Å². The lowest BCUT2D eigenvalue weighted by atomic mass is 9.96. The number of aliphatic carboxylic acids is 1. The van der Waals surface area contributed by atoms with Crippen LogP contribution in [0.2, 0.25) is 0 Å². The van der Waals surface area contributed by atoms with E-state index in [9.17, 15) is 29.4 Å². The maximum atomic E-state index is 13.0. The molecule has 0 aromatic rings. The molecule has 0 saturated carbocycles. The molecule has 0 aliphatic carbocycles. The molecule has 10 heteroatoms. The highest BCUT2D eigenvalue weighted by molar-refractivity contribution is 5.94. The molecule has 0 radical (unpaired) electrons. The van der Waals surface area contributed by atoms with Crippen LogP contribution in [0.3, 0.4) is 0 Å². The Labute approximate surface area is 184 Å². The summed E-state index contributed by atoms with van der Waals surface area (Å²) in [5, 5.41) is 26.6. The van der Waals surface area contributed by atoms with Crippen molar-refractivity contribution < 1.29 is 29.4 Å². The summed E-state index contributed by atoms with van der Waals surface area (Å²) >= 11 is 0. The Kier molecular flexibility index (Phi) is 12.3. The largest absolute Gasteiger partial charge is 0.480 e. The molecule has 0 aromatic carbocycles. The van der Waals surface area contributed by atoms with Gasteiger partial charge in [-0.1, -0.05) is 48.0 Å². The summed E-state index contributed by atoms with van der Waals surface area (Å²) in [6.07, 6.45) is -0.238. The Balaban J connectivity index is 5.57.